The summed E-state index contributed by atoms with van der Waals surface area (Å²) < 4.78 is 25.9. The molecule has 3 rings (SSSR count). The van der Waals surface area contributed by atoms with Crippen molar-refractivity contribution in [2.45, 2.75) is 0 Å². The van der Waals surface area contributed by atoms with E-state index in [4.69, 9.17) is 15.7 Å². The Kier molecular flexibility index (Phi) is 7.83. The zero-order valence-corrected chi connectivity index (χ0v) is 17.8. The third kappa shape index (κ3) is 7.35. The van der Waals surface area contributed by atoms with Crippen LogP contribution in [0.4, 0.5) is 5.69 Å². The number of carboxylic acid groups (broad SMARTS) is 1. The minimum Gasteiger partial charge on any atom is -0.478 e. The topological polar surface area (TPSA) is 171 Å². The maximum Gasteiger partial charge on any atom is 0.336 e. The largest absolute Gasteiger partial charge is 0.478 e. The van der Waals surface area contributed by atoms with Gasteiger partial charge in [0, 0.05) is 16.8 Å². The Bertz CT molecular complexity index is 1250. The van der Waals surface area contributed by atoms with E-state index in [1.165, 1.54) is 6.07 Å². The maximum absolute atomic E-state index is 12.5. The smallest absolute Gasteiger partial charge is 0.336 e. The number of carboxylic acids is 1. The van der Waals surface area contributed by atoms with Crippen molar-refractivity contribution < 1.29 is 27.7 Å². The van der Waals surface area contributed by atoms with Crippen LogP contribution < -0.4 is 11.1 Å². The van der Waals surface area contributed by atoms with E-state index in [0.717, 1.165) is 0 Å². The van der Waals surface area contributed by atoms with Crippen LogP contribution in [0.5, 0.6) is 0 Å². The van der Waals surface area contributed by atoms with E-state index in [2.05, 4.69) is 5.32 Å². The number of hydrogen-bond donors (Lipinski definition) is 5. The average Bonchev–Trinajstić information content (AvgIpc) is 2.73. The fraction of sp³-hybridized carbons (Fsp3) is 0.0455. The highest BCUT2D eigenvalue weighted by molar-refractivity contribution is 7.85. The second kappa shape index (κ2) is 10.3. The van der Waals surface area contributed by atoms with Gasteiger partial charge in [-0.2, -0.15) is 8.42 Å². The number of anilines is 1. The number of carbonyl (C=O) groups excluding carboxylic acids is 1. The predicted octanol–water partition coefficient (Wildman–Crippen LogP) is 3.09. The summed E-state index contributed by atoms with van der Waals surface area (Å²) in [6.07, 6.45) is 0.715. The molecule has 0 spiro atoms. The minimum atomic E-state index is -3.67. The molecule has 0 radical (unpaired) electrons. The van der Waals surface area contributed by atoms with Crippen LogP contribution in [0.15, 0.2) is 72.8 Å². The lowest BCUT2D eigenvalue weighted by Crippen LogP contribution is -2.13. The second-order valence-electron chi connectivity index (χ2n) is 6.61. The number of nitrogen functional groups attached to an aromatic ring is 1. The second-order valence-corrected chi connectivity index (χ2v) is 8.08. The Morgan fingerprint density at radius 1 is 0.938 bits per heavy atom. The Morgan fingerprint density at radius 2 is 1.53 bits per heavy atom. The number of aromatic carboxylic acids is 1. The zero-order valence-electron chi connectivity index (χ0n) is 16.9. The van der Waals surface area contributed by atoms with E-state index in [0.29, 0.717) is 34.2 Å². The number of nitrogens with two attached hydrogens (primary N) is 1. The van der Waals surface area contributed by atoms with Gasteiger partial charge in [-0.1, -0.05) is 30.3 Å². The van der Waals surface area contributed by atoms with Crippen molar-refractivity contribution >= 4 is 33.5 Å². The molecule has 0 saturated heterocycles. The summed E-state index contributed by atoms with van der Waals surface area (Å²) in [5.74, 6) is -1.39. The predicted molar refractivity (Wildman–Crippen MR) is 122 cm³/mol. The Morgan fingerprint density at radius 3 is 2.09 bits per heavy atom. The first-order chi connectivity index (χ1) is 15.0. The Hall–Kier alpha value is -4.02. The van der Waals surface area contributed by atoms with Crippen LogP contribution in [-0.2, 0) is 10.1 Å². The van der Waals surface area contributed by atoms with Crippen LogP contribution in [0.25, 0.3) is 11.1 Å². The molecule has 0 heterocycles. The van der Waals surface area contributed by atoms with Gasteiger partial charge >= 0.3 is 5.97 Å². The molecule has 0 atom stereocenters. The first-order valence-corrected chi connectivity index (χ1v) is 10.9. The molecule has 0 aliphatic heterocycles. The van der Waals surface area contributed by atoms with Crippen LogP contribution in [-0.4, -0.2) is 42.0 Å². The number of amidine groups is 1. The Balaban J connectivity index is 0.000000654. The molecule has 3 aromatic rings. The van der Waals surface area contributed by atoms with Gasteiger partial charge in [-0.15, -0.1) is 0 Å². The van der Waals surface area contributed by atoms with Crippen LogP contribution in [0.1, 0.15) is 26.3 Å². The van der Waals surface area contributed by atoms with Gasteiger partial charge in [0.1, 0.15) is 5.84 Å². The third-order valence-corrected chi connectivity index (χ3v) is 4.05. The summed E-state index contributed by atoms with van der Waals surface area (Å²) in [4.78, 5) is 24.0. The van der Waals surface area contributed by atoms with Crippen molar-refractivity contribution in [1.82, 2.24) is 0 Å². The normalized spacial score (nSPS) is 10.4. The standard InChI is InChI=1S/C21H17N3O3.CH4O3S/c22-19(23)13-8-10-16(11-9-13)24-20(25)15-5-3-4-14(12-15)17-6-1-2-7-18(17)21(26)27;1-5(2,3)4/h1-12H,(H3,22,23)(H,24,25)(H,26,27);1H3,(H,2,3,4). The van der Waals surface area contributed by atoms with Crippen molar-refractivity contribution in [2.75, 3.05) is 11.6 Å². The molecule has 3 aromatic carbocycles. The van der Waals surface area contributed by atoms with Crippen molar-refractivity contribution in [3.05, 3.63) is 89.5 Å². The lowest BCUT2D eigenvalue weighted by molar-refractivity contribution is 0.0697. The van der Waals surface area contributed by atoms with Crippen molar-refractivity contribution in [3.63, 3.8) is 0 Å². The fourth-order valence-electron chi connectivity index (χ4n) is 2.69. The summed E-state index contributed by atoms with van der Waals surface area (Å²) in [7, 11) is -3.67. The number of nitrogens with one attached hydrogen (secondary N) is 2. The van der Waals surface area contributed by atoms with Crippen LogP contribution in [0.2, 0.25) is 0 Å². The van der Waals surface area contributed by atoms with Crippen molar-refractivity contribution in [2.24, 2.45) is 5.73 Å². The molecular formula is C22H21N3O6S. The van der Waals surface area contributed by atoms with Crippen LogP contribution in [0, 0.1) is 5.41 Å². The van der Waals surface area contributed by atoms with Crippen LogP contribution >= 0.6 is 0 Å². The van der Waals surface area contributed by atoms with Gasteiger partial charge in [-0.3, -0.25) is 14.8 Å². The highest BCUT2D eigenvalue weighted by Crippen LogP contribution is 2.25. The van der Waals surface area contributed by atoms with Gasteiger partial charge in [0.05, 0.1) is 11.8 Å². The molecule has 10 heteroatoms. The summed E-state index contributed by atoms with van der Waals surface area (Å²) in [6.45, 7) is 0. The molecule has 0 fully saturated rings. The van der Waals surface area contributed by atoms with E-state index in [-0.39, 0.29) is 17.3 Å². The van der Waals surface area contributed by atoms with Crippen molar-refractivity contribution in [3.8, 4) is 11.1 Å². The number of hydrogen-bond acceptors (Lipinski definition) is 5. The van der Waals surface area contributed by atoms with Gasteiger partial charge in [-0.05, 0) is 53.6 Å². The van der Waals surface area contributed by atoms with Crippen molar-refractivity contribution in [1.29, 1.82) is 5.41 Å². The fourth-order valence-corrected chi connectivity index (χ4v) is 2.69. The van der Waals surface area contributed by atoms with E-state index in [1.807, 2.05) is 0 Å². The molecule has 1 amide bonds. The Labute approximate surface area is 184 Å². The number of amides is 1. The third-order valence-electron chi connectivity index (χ3n) is 4.05. The van der Waals surface area contributed by atoms with Crippen LogP contribution in [0.3, 0.4) is 0 Å². The van der Waals surface area contributed by atoms with Gasteiger partial charge < -0.3 is 16.2 Å². The molecule has 0 bridgehead atoms. The summed E-state index contributed by atoms with van der Waals surface area (Å²) in [5, 5.41) is 19.5. The quantitative estimate of drug-likeness (QED) is 0.223. The summed E-state index contributed by atoms with van der Waals surface area (Å²) in [6, 6.07) is 20.1. The first-order valence-electron chi connectivity index (χ1n) is 9.06. The molecule has 0 aromatic heterocycles. The molecule has 0 aliphatic rings. The molecule has 0 unspecified atom stereocenters. The highest BCUT2D eigenvalue weighted by atomic mass is 32.2. The molecule has 9 nitrogen and oxygen atoms in total. The van der Waals surface area contributed by atoms with E-state index in [1.54, 1.807) is 66.7 Å². The molecule has 6 N–H and O–H groups in total. The zero-order chi connectivity index (χ0) is 23.9. The number of rotatable bonds is 5. The highest BCUT2D eigenvalue weighted by Gasteiger charge is 2.13. The molecule has 0 saturated carbocycles. The van der Waals surface area contributed by atoms with E-state index >= 15 is 0 Å². The monoisotopic (exact) mass is 455 g/mol. The lowest BCUT2D eigenvalue weighted by atomic mass is 9.98. The minimum absolute atomic E-state index is 0.0438. The van der Waals surface area contributed by atoms with Gasteiger partial charge in [0.25, 0.3) is 16.0 Å². The van der Waals surface area contributed by atoms with Gasteiger partial charge in [-0.25, -0.2) is 4.79 Å². The average molecular weight is 455 g/mol. The molecular weight excluding hydrogens is 434 g/mol. The summed E-state index contributed by atoms with van der Waals surface area (Å²) in [5.41, 5.74) is 8.33. The summed E-state index contributed by atoms with van der Waals surface area (Å²) >= 11 is 0. The lowest BCUT2D eigenvalue weighted by Gasteiger charge is -2.09. The van der Waals surface area contributed by atoms with E-state index in [9.17, 15) is 23.1 Å². The molecule has 32 heavy (non-hydrogen) atoms. The molecule has 166 valence electrons. The number of benzene rings is 3. The van der Waals surface area contributed by atoms with E-state index < -0.39 is 16.1 Å². The number of carbonyl (C=O) groups is 2. The van der Waals surface area contributed by atoms with Gasteiger partial charge in [0.15, 0.2) is 0 Å². The SMILES string of the molecule is CS(=O)(=O)O.N=C(N)c1ccc(NC(=O)c2cccc(-c3ccccc3C(=O)O)c2)cc1. The van der Waals surface area contributed by atoms with Gasteiger partial charge in [0.2, 0.25) is 0 Å². The first kappa shape index (κ1) is 24.3. The maximum atomic E-state index is 12.5. The molecule has 0 aliphatic carbocycles.